The standard InChI is InChI=1S/C14H18BrN3O/c15-12-3-1-6-16-13(12)17-7-2-8-18(10-9-17)14(19)11-4-5-11/h1,3,6,11H,2,4-5,7-10H2. The monoisotopic (exact) mass is 323 g/mol. The molecule has 1 aromatic heterocycles. The Balaban J connectivity index is 1.67. The van der Waals surface area contributed by atoms with E-state index in [1.165, 1.54) is 0 Å². The number of hydrogen-bond acceptors (Lipinski definition) is 3. The van der Waals surface area contributed by atoms with Crippen molar-refractivity contribution < 1.29 is 4.79 Å². The zero-order valence-electron chi connectivity index (χ0n) is 10.9. The number of hydrogen-bond donors (Lipinski definition) is 0. The first kappa shape index (κ1) is 12.9. The predicted molar refractivity (Wildman–Crippen MR) is 78.1 cm³/mol. The van der Waals surface area contributed by atoms with Gasteiger partial charge in [0.25, 0.3) is 0 Å². The van der Waals surface area contributed by atoms with Crippen LogP contribution in [-0.4, -0.2) is 42.0 Å². The molecule has 1 aliphatic carbocycles. The molecule has 5 heteroatoms. The van der Waals surface area contributed by atoms with Gasteiger partial charge in [-0.25, -0.2) is 4.98 Å². The van der Waals surface area contributed by atoms with E-state index in [0.29, 0.717) is 11.8 Å². The average molecular weight is 324 g/mol. The minimum atomic E-state index is 0.327. The van der Waals surface area contributed by atoms with Crippen LogP contribution in [0.5, 0.6) is 0 Å². The summed E-state index contributed by atoms with van der Waals surface area (Å²) in [6.45, 7) is 3.53. The first-order chi connectivity index (χ1) is 9.25. The van der Waals surface area contributed by atoms with Crippen molar-refractivity contribution in [1.82, 2.24) is 9.88 Å². The lowest BCUT2D eigenvalue weighted by Gasteiger charge is -2.23. The van der Waals surface area contributed by atoms with E-state index in [4.69, 9.17) is 0 Å². The zero-order chi connectivity index (χ0) is 13.2. The van der Waals surface area contributed by atoms with Crippen LogP contribution in [0.15, 0.2) is 22.8 Å². The van der Waals surface area contributed by atoms with Crippen LogP contribution >= 0.6 is 15.9 Å². The highest BCUT2D eigenvalue weighted by atomic mass is 79.9. The highest BCUT2D eigenvalue weighted by Crippen LogP contribution is 2.31. The molecule has 0 unspecified atom stereocenters. The van der Waals surface area contributed by atoms with Crippen LogP contribution in [0.3, 0.4) is 0 Å². The Hall–Kier alpha value is -1.10. The smallest absolute Gasteiger partial charge is 0.225 e. The average Bonchev–Trinajstić information content (AvgIpc) is 3.25. The van der Waals surface area contributed by atoms with Crippen molar-refractivity contribution >= 4 is 27.7 Å². The first-order valence-corrected chi connectivity index (χ1v) is 7.69. The molecule has 1 aliphatic heterocycles. The number of anilines is 1. The minimum Gasteiger partial charge on any atom is -0.354 e. The lowest BCUT2D eigenvalue weighted by atomic mass is 10.3. The van der Waals surface area contributed by atoms with E-state index in [1.54, 1.807) is 0 Å². The Morgan fingerprint density at radius 1 is 1.26 bits per heavy atom. The molecule has 0 bridgehead atoms. The van der Waals surface area contributed by atoms with Gasteiger partial charge in [0.2, 0.25) is 5.91 Å². The van der Waals surface area contributed by atoms with Crippen LogP contribution in [0.1, 0.15) is 19.3 Å². The van der Waals surface area contributed by atoms with Crippen molar-refractivity contribution in [2.24, 2.45) is 5.92 Å². The van der Waals surface area contributed by atoms with Crippen molar-refractivity contribution in [3.63, 3.8) is 0 Å². The Morgan fingerprint density at radius 3 is 2.84 bits per heavy atom. The molecule has 0 spiro atoms. The van der Waals surface area contributed by atoms with Crippen LogP contribution in [0, 0.1) is 5.92 Å². The van der Waals surface area contributed by atoms with E-state index in [-0.39, 0.29) is 0 Å². The molecule has 2 heterocycles. The fraction of sp³-hybridized carbons (Fsp3) is 0.571. The number of carbonyl (C=O) groups excluding carboxylic acids is 1. The van der Waals surface area contributed by atoms with Crippen LogP contribution in [0.4, 0.5) is 5.82 Å². The van der Waals surface area contributed by atoms with E-state index >= 15 is 0 Å². The molecular weight excluding hydrogens is 306 g/mol. The Morgan fingerprint density at radius 2 is 2.11 bits per heavy atom. The molecule has 4 nitrogen and oxygen atoms in total. The van der Waals surface area contributed by atoms with Crippen LogP contribution in [-0.2, 0) is 4.79 Å². The molecular formula is C14H18BrN3O. The third kappa shape index (κ3) is 2.91. The third-order valence-electron chi connectivity index (χ3n) is 3.77. The summed E-state index contributed by atoms with van der Waals surface area (Å²) in [4.78, 5) is 20.8. The topological polar surface area (TPSA) is 36.4 Å². The van der Waals surface area contributed by atoms with E-state index in [9.17, 15) is 4.79 Å². The Kier molecular flexibility index (Phi) is 3.73. The number of nitrogens with zero attached hydrogens (tertiary/aromatic N) is 3. The van der Waals surface area contributed by atoms with Crippen molar-refractivity contribution in [1.29, 1.82) is 0 Å². The molecule has 2 aliphatic rings. The van der Waals surface area contributed by atoms with Crippen molar-refractivity contribution in [2.45, 2.75) is 19.3 Å². The number of rotatable bonds is 2. The number of pyridine rings is 1. The number of amides is 1. The predicted octanol–water partition coefficient (Wildman–Crippen LogP) is 2.29. The van der Waals surface area contributed by atoms with Gasteiger partial charge >= 0.3 is 0 Å². The summed E-state index contributed by atoms with van der Waals surface area (Å²) in [6.07, 6.45) is 5.01. The number of carbonyl (C=O) groups is 1. The first-order valence-electron chi connectivity index (χ1n) is 6.90. The fourth-order valence-electron chi connectivity index (χ4n) is 2.55. The highest BCUT2D eigenvalue weighted by Gasteiger charge is 2.34. The van der Waals surface area contributed by atoms with Gasteiger partial charge in [0.1, 0.15) is 5.82 Å². The summed E-state index contributed by atoms with van der Waals surface area (Å²) in [5, 5.41) is 0. The van der Waals surface area contributed by atoms with Gasteiger partial charge in [0, 0.05) is 38.3 Å². The van der Waals surface area contributed by atoms with E-state index in [1.807, 2.05) is 23.2 Å². The maximum Gasteiger partial charge on any atom is 0.225 e. The molecule has 0 atom stereocenters. The van der Waals surface area contributed by atoms with Gasteiger partial charge in [-0.05, 0) is 47.3 Å². The zero-order valence-corrected chi connectivity index (χ0v) is 12.5. The van der Waals surface area contributed by atoms with Gasteiger partial charge in [-0.3, -0.25) is 4.79 Å². The normalized spacial score (nSPS) is 20.3. The van der Waals surface area contributed by atoms with Crippen LogP contribution < -0.4 is 4.90 Å². The molecule has 0 N–H and O–H groups in total. The Bertz CT molecular complexity index is 476. The molecule has 1 saturated heterocycles. The third-order valence-corrected chi connectivity index (χ3v) is 4.39. The second-order valence-electron chi connectivity index (χ2n) is 5.25. The summed E-state index contributed by atoms with van der Waals surface area (Å²) >= 11 is 3.55. The van der Waals surface area contributed by atoms with Crippen molar-refractivity contribution in [3.8, 4) is 0 Å². The fourth-order valence-corrected chi connectivity index (χ4v) is 3.05. The van der Waals surface area contributed by atoms with Crippen molar-refractivity contribution in [3.05, 3.63) is 22.8 Å². The second kappa shape index (κ2) is 5.49. The molecule has 1 amide bonds. The SMILES string of the molecule is O=C(C1CC1)N1CCCN(c2ncccc2Br)CC1. The lowest BCUT2D eigenvalue weighted by molar-refractivity contribution is -0.132. The van der Waals surface area contributed by atoms with Gasteiger partial charge in [0.15, 0.2) is 0 Å². The maximum absolute atomic E-state index is 12.1. The molecule has 19 heavy (non-hydrogen) atoms. The van der Waals surface area contributed by atoms with Gasteiger partial charge in [-0.15, -0.1) is 0 Å². The number of aromatic nitrogens is 1. The minimum absolute atomic E-state index is 0.327. The molecule has 3 rings (SSSR count). The molecule has 0 aromatic carbocycles. The molecule has 102 valence electrons. The van der Waals surface area contributed by atoms with Gasteiger partial charge in [-0.1, -0.05) is 0 Å². The summed E-state index contributed by atoms with van der Waals surface area (Å²) in [5.41, 5.74) is 0. The summed E-state index contributed by atoms with van der Waals surface area (Å²) in [6, 6.07) is 3.94. The lowest BCUT2D eigenvalue weighted by Crippen LogP contribution is -2.36. The molecule has 1 aromatic rings. The molecule has 0 radical (unpaired) electrons. The quantitative estimate of drug-likeness (QED) is 0.837. The molecule has 1 saturated carbocycles. The second-order valence-corrected chi connectivity index (χ2v) is 6.10. The summed E-state index contributed by atoms with van der Waals surface area (Å²) in [5.74, 6) is 1.68. The summed E-state index contributed by atoms with van der Waals surface area (Å²) in [7, 11) is 0. The van der Waals surface area contributed by atoms with Crippen molar-refractivity contribution in [2.75, 3.05) is 31.1 Å². The van der Waals surface area contributed by atoms with E-state index < -0.39 is 0 Å². The Labute approximate surface area is 121 Å². The van der Waals surface area contributed by atoms with E-state index in [0.717, 1.165) is 55.7 Å². The summed E-state index contributed by atoms with van der Waals surface area (Å²) < 4.78 is 1.02. The molecule has 2 fully saturated rings. The number of halogens is 1. The maximum atomic E-state index is 12.1. The highest BCUT2D eigenvalue weighted by molar-refractivity contribution is 9.10. The van der Waals surface area contributed by atoms with Gasteiger partial charge < -0.3 is 9.80 Å². The van der Waals surface area contributed by atoms with E-state index in [2.05, 4.69) is 25.8 Å². The van der Waals surface area contributed by atoms with Gasteiger partial charge in [0.05, 0.1) is 4.47 Å². The van der Waals surface area contributed by atoms with Crippen LogP contribution in [0.2, 0.25) is 0 Å². The largest absolute Gasteiger partial charge is 0.354 e. The van der Waals surface area contributed by atoms with Crippen LogP contribution in [0.25, 0.3) is 0 Å². The van der Waals surface area contributed by atoms with Gasteiger partial charge in [-0.2, -0.15) is 0 Å².